The first kappa shape index (κ1) is 21.5. The number of anilines is 1. The molecule has 0 atom stereocenters. The number of nitrogens with zero attached hydrogens (tertiary/aromatic N) is 1. The van der Waals surface area contributed by atoms with E-state index in [1.165, 1.54) is 4.90 Å². The van der Waals surface area contributed by atoms with Crippen molar-refractivity contribution >= 4 is 17.5 Å². The number of para-hydroxylation sites is 1. The van der Waals surface area contributed by atoms with Gasteiger partial charge in [-0.05, 0) is 55.0 Å². The first-order chi connectivity index (χ1) is 13.2. The third-order valence-electron chi connectivity index (χ3n) is 4.78. The summed E-state index contributed by atoms with van der Waals surface area (Å²) in [6.45, 7) is 9.93. The summed E-state index contributed by atoms with van der Waals surface area (Å²) in [6.07, 6.45) is 0. The molecule has 0 aliphatic rings. The van der Waals surface area contributed by atoms with Crippen LogP contribution in [0.3, 0.4) is 0 Å². The van der Waals surface area contributed by atoms with Crippen LogP contribution in [0.25, 0.3) is 0 Å². The Hall–Kier alpha value is -2.82. The lowest BCUT2D eigenvalue weighted by Crippen LogP contribution is -2.37. The van der Waals surface area contributed by atoms with Crippen LogP contribution in [0.2, 0.25) is 0 Å². The molecule has 2 aromatic rings. The zero-order valence-electron chi connectivity index (χ0n) is 17.6. The minimum atomic E-state index is -0.244. The van der Waals surface area contributed by atoms with E-state index in [0.717, 1.165) is 27.9 Å². The lowest BCUT2D eigenvalue weighted by Gasteiger charge is -2.19. The number of amides is 2. The molecule has 0 aliphatic carbocycles. The normalized spacial score (nSPS) is 10.7. The fourth-order valence-corrected chi connectivity index (χ4v) is 2.88. The summed E-state index contributed by atoms with van der Waals surface area (Å²) in [5.74, 6) is 0.611. The van der Waals surface area contributed by atoms with Gasteiger partial charge in [-0.1, -0.05) is 44.2 Å². The number of ether oxygens (including phenoxy) is 1. The van der Waals surface area contributed by atoms with Crippen LogP contribution in [0, 0.1) is 20.8 Å². The van der Waals surface area contributed by atoms with Crippen molar-refractivity contribution in [1.82, 2.24) is 4.90 Å². The van der Waals surface area contributed by atoms with Gasteiger partial charge in [0.25, 0.3) is 5.91 Å². The number of carbonyl (C=O) groups excluding carboxylic acids is 2. The van der Waals surface area contributed by atoms with Crippen LogP contribution >= 0.6 is 0 Å². The first-order valence-electron chi connectivity index (χ1n) is 9.52. The summed E-state index contributed by atoms with van der Waals surface area (Å²) in [5, 5.41) is 2.89. The van der Waals surface area contributed by atoms with Crippen LogP contribution in [0.1, 0.15) is 42.0 Å². The topological polar surface area (TPSA) is 58.6 Å². The molecule has 0 saturated carbocycles. The molecule has 2 amide bonds. The number of carbonyl (C=O) groups is 2. The summed E-state index contributed by atoms with van der Waals surface area (Å²) < 4.78 is 5.73. The first-order valence-corrected chi connectivity index (χ1v) is 9.52. The van der Waals surface area contributed by atoms with Gasteiger partial charge >= 0.3 is 0 Å². The van der Waals surface area contributed by atoms with Crippen molar-refractivity contribution in [2.45, 2.75) is 40.5 Å². The lowest BCUT2D eigenvalue weighted by molar-refractivity contribution is -0.135. The standard InChI is InChI=1S/C23H30N2O3/c1-15(2)19-11-10-16(3)20(12-19)28-14-22(27)25(6)13-21(26)24-23-17(4)8-7-9-18(23)5/h7-12,15H,13-14H2,1-6H3,(H,24,26). The molecule has 0 spiro atoms. The maximum absolute atomic E-state index is 12.4. The Morgan fingerprint density at radius 2 is 1.68 bits per heavy atom. The predicted octanol–water partition coefficient (Wildman–Crippen LogP) is 4.21. The third-order valence-corrected chi connectivity index (χ3v) is 4.78. The number of hydrogen-bond donors (Lipinski definition) is 1. The molecular formula is C23H30N2O3. The largest absolute Gasteiger partial charge is 0.483 e. The van der Waals surface area contributed by atoms with Gasteiger partial charge in [0, 0.05) is 12.7 Å². The Labute approximate surface area is 167 Å². The third kappa shape index (κ3) is 5.59. The van der Waals surface area contributed by atoms with Crippen LogP contribution in [0.5, 0.6) is 5.75 Å². The predicted molar refractivity (Wildman–Crippen MR) is 113 cm³/mol. The minimum absolute atomic E-state index is 0.0268. The molecule has 0 radical (unpaired) electrons. The Morgan fingerprint density at radius 1 is 1.04 bits per heavy atom. The van der Waals surface area contributed by atoms with Gasteiger partial charge in [-0.25, -0.2) is 0 Å². The minimum Gasteiger partial charge on any atom is -0.483 e. The molecule has 2 rings (SSSR count). The van der Waals surface area contributed by atoms with Gasteiger partial charge < -0.3 is 15.0 Å². The highest BCUT2D eigenvalue weighted by Gasteiger charge is 2.16. The van der Waals surface area contributed by atoms with E-state index in [2.05, 4.69) is 25.2 Å². The summed E-state index contributed by atoms with van der Waals surface area (Å²) in [5.41, 5.74) is 4.92. The van der Waals surface area contributed by atoms with Gasteiger partial charge in [-0.2, -0.15) is 0 Å². The van der Waals surface area contributed by atoms with Crippen LogP contribution < -0.4 is 10.1 Å². The molecule has 5 nitrogen and oxygen atoms in total. The molecule has 0 aromatic heterocycles. The zero-order valence-corrected chi connectivity index (χ0v) is 17.6. The highest BCUT2D eigenvalue weighted by atomic mass is 16.5. The Bertz CT molecular complexity index is 839. The highest BCUT2D eigenvalue weighted by Crippen LogP contribution is 2.24. The monoisotopic (exact) mass is 382 g/mol. The van der Waals surface area contributed by atoms with E-state index < -0.39 is 0 Å². The van der Waals surface area contributed by atoms with Crippen molar-refractivity contribution in [2.75, 3.05) is 25.5 Å². The number of nitrogens with one attached hydrogen (secondary N) is 1. The van der Waals surface area contributed by atoms with Crippen LogP contribution in [0.15, 0.2) is 36.4 Å². The van der Waals surface area contributed by atoms with Crippen molar-refractivity contribution in [3.05, 3.63) is 58.7 Å². The maximum Gasteiger partial charge on any atom is 0.260 e. The zero-order chi connectivity index (χ0) is 20.8. The van der Waals surface area contributed by atoms with Gasteiger partial charge in [0.1, 0.15) is 5.75 Å². The molecule has 1 N–H and O–H groups in total. The fourth-order valence-electron chi connectivity index (χ4n) is 2.88. The number of hydrogen-bond acceptors (Lipinski definition) is 3. The lowest BCUT2D eigenvalue weighted by atomic mass is 10.0. The van der Waals surface area contributed by atoms with Gasteiger partial charge in [0.15, 0.2) is 6.61 Å². The molecule has 2 aromatic carbocycles. The summed E-state index contributed by atoms with van der Waals surface area (Å²) in [6, 6.07) is 11.9. The van der Waals surface area contributed by atoms with Crippen LogP contribution in [-0.4, -0.2) is 36.9 Å². The van der Waals surface area contributed by atoms with E-state index in [1.807, 2.05) is 51.1 Å². The van der Waals surface area contributed by atoms with E-state index >= 15 is 0 Å². The van der Waals surface area contributed by atoms with Crippen LogP contribution in [0.4, 0.5) is 5.69 Å². The number of benzene rings is 2. The van der Waals surface area contributed by atoms with Crippen molar-refractivity contribution in [1.29, 1.82) is 0 Å². The summed E-state index contributed by atoms with van der Waals surface area (Å²) in [7, 11) is 1.60. The number of rotatable bonds is 7. The summed E-state index contributed by atoms with van der Waals surface area (Å²) >= 11 is 0. The average Bonchev–Trinajstić information content (AvgIpc) is 2.63. The molecule has 5 heteroatoms. The molecule has 28 heavy (non-hydrogen) atoms. The van der Waals surface area contributed by atoms with E-state index in [-0.39, 0.29) is 25.0 Å². The van der Waals surface area contributed by atoms with E-state index in [0.29, 0.717) is 11.7 Å². The quantitative estimate of drug-likeness (QED) is 0.780. The molecule has 0 heterocycles. The molecule has 0 unspecified atom stereocenters. The fraction of sp³-hybridized carbons (Fsp3) is 0.391. The van der Waals surface area contributed by atoms with Gasteiger partial charge in [0.05, 0.1) is 6.54 Å². The van der Waals surface area contributed by atoms with Crippen molar-refractivity contribution in [3.8, 4) is 5.75 Å². The second kappa shape index (κ2) is 9.40. The van der Waals surface area contributed by atoms with Gasteiger partial charge in [-0.15, -0.1) is 0 Å². The number of aryl methyl sites for hydroxylation is 3. The van der Waals surface area contributed by atoms with Gasteiger partial charge in [0.2, 0.25) is 5.91 Å². The van der Waals surface area contributed by atoms with E-state index in [1.54, 1.807) is 7.05 Å². The number of likely N-dealkylation sites (N-methyl/N-ethyl adjacent to an activating group) is 1. The molecule has 0 saturated heterocycles. The maximum atomic E-state index is 12.4. The smallest absolute Gasteiger partial charge is 0.260 e. The molecule has 0 aliphatic heterocycles. The van der Waals surface area contributed by atoms with Crippen molar-refractivity contribution in [3.63, 3.8) is 0 Å². The van der Waals surface area contributed by atoms with Crippen LogP contribution in [-0.2, 0) is 9.59 Å². The molecular weight excluding hydrogens is 352 g/mol. The van der Waals surface area contributed by atoms with Gasteiger partial charge in [-0.3, -0.25) is 9.59 Å². The second-order valence-corrected chi connectivity index (χ2v) is 7.53. The van der Waals surface area contributed by atoms with Crippen molar-refractivity contribution in [2.24, 2.45) is 0 Å². The molecule has 0 fully saturated rings. The Kier molecular flexibility index (Phi) is 7.21. The Morgan fingerprint density at radius 3 is 2.29 bits per heavy atom. The van der Waals surface area contributed by atoms with E-state index in [9.17, 15) is 9.59 Å². The molecule has 0 bridgehead atoms. The van der Waals surface area contributed by atoms with E-state index in [4.69, 9.17) is 4.74 Å². The Balaban J connectivity index is 1.92. The second-order valence-electron chi connectivity index (χ2n) is 7.53. The highest BCUT2D eigenvalue weighted by molar-refractivity contribution is 5.95. The van der Waals surface area contributed by atoms with Crippen molar-refractivity contribution < 1.29 is 14.3 Å². The summed E-state index contributed by atoms with van der Waals surface area (Å²) in [4.78, 5) is 26.1. The SMILES string of the molecule is Cc1ccc(C(C)C)cc1OCC(=O)N(C)CC(=O)Nc1c(C)cccc1C. The molecule has 150 valence electrons. The average molecular weight is 383 g/mol.